The molecule has 0 saturated heterocycles. The Balaban J connectivity index is 1.01. The molecule has 11 rings (SSSR count). The fourth-order valence-corrected chi connectivity index (χ4v) is 9.34. The number of fused-ring (bicyclic) bond motifs is 9. The Morgan fingerprint density at radius 2 is 0.695 bits per heavy atom. The average Bonchev–Trinajstić information content (AvgIpc) is 3.89. The molecule has 3 aromatic heterocycles. The molecule has 8 aromatic carbocycles. The molecule has 0 fully saturated rings. The monoisotopic (exact) mass is 761 g/mol. The van der Waals surface area contributed by atoms with Crippen LogP contribution in [0, 0.1) is 0 Å². The lowest BCUT2D eigenvalue weighted by molar-refractivity contribution is 0.589. The Hall–Kier alpha value is -6.84. The van der Waals surface area contributed by atoms with Crippen LogP contribution in [0.2, 0.25) is 0 Å². The molecule has 0 aliphatic carbocycles. The molecule has 0 amide bonds. The highest BCUT2D eigenvalue weighted by Crippen LogP contribution is 2.40. The maximum atomic E-state index is 3.71. The van der Waals surface area contributed by atoms with Gasteiger partial charge in [0.05, 0.1) is 22.1 Å². The molecule has 0 radical (unpaired) electrons. The smallest absolute Gasteiger partial charge is 0.0541 e. The molecule has 0 atom stereocenters. The third-order valence-corrected chi connectivity index (χ3v) is 12.6. The highest BCUT2D eigenvalue weighted by atomic mass is 15.0. The predicted octanol–water partition coefficient (Wildman–Crippen LogP) is 15.4. The lowest BCUT2D eigenvalue weighted by atomic mass is 9.87. The van der Waals surface area contributed by atoms with Crippen LogP contribution in [-0.4, -0.2) is 14.1 Å². The van der Waals surface area contributed by atoms with Crippen LogP contribution in [0.3, 0.4) is 0 Å². The van der Waals surface area contributed by atoms with E-state index in [0.29, 0.717) is 0 Å². The van der Waals surface area contributed by atoms with E-state index in [1.807, 2.05) is 0 Å². The Morgan fingerprint density at radius 3 is 1.12 bits per heavy atom. The lowest BCUT2D eigenvalue weighted by Gasteiger charge is -2.20. The SMILES string of the molecule is CC(C)(C)c1cccc(-n2c3ccccc3c3cc(-c4ccc5[nH]c6ccc(-c7ccc8c(c7)c7ccccc7n8-c7cccc(C(C)(C)C)c7)cc6c5c4)ccc32)c1. The third-order valence-electron chi connectivity index (χ3n) is 12.6. The first-order valence-electron chi connectivity index (χ1n) is 20.8. The summed E-state index contributed by atoms with van der Waals surface area (Å²) in [5, 5.41) is 7.52. The summed E-state index contributed by atoms with van der Waals surface area (Å²) in [6.07, 6.45) is 0. The maximum Gasteiger partial charge on any atom is 0.0541 e. The second-order valence-corrected chi connectivity index (χ2v) is 18.4. The fourth-order valence-electron chi connectivity index (χ4n) is 9.34. The van der Waals surface area contributed by atoms with Gasteiger partial charge in [0.2, 0.25) is 0 Å². The Kier molecular flexibility index (Phi) is 7.68. The first-order valence-corrected chi connectivity index (χ1v) is 20.8. The van der Waals surface area contributed by atoms with Gasteiger partial charge in [0.15, 0.2) is 0 Å². The van der Waals surface area contributed by atoms with Crippen molar-refractivity contribution >= 4 is 65.4 Å². The van der Waals surface area contributed by atoms with E-state index in [1.54, 1.807) is 0 Å². The van der Waals surface area contributed by atoms with Crippen LogP contribution < -0.4 is 0 Å². The molecule has 3 nitrogen and oxygen atoms in total. The summed E-state index contributed by atoms with van der Waals surface area (Å²) in [5.41, 5.74) is 17.2. The summed E-state index contributed by atoms with van der Waals surface area (Å²) in [6.45, 7) is 13.7. The highest BCUT2D eigenvalue weighted by Gasteiger charge is 2.20. The molecule has 0 spiro atoms. The van der Waals surface area contributed by atoms with E-state index in [4.69, 9.17) is 0 Å². The Bertz CT molecular complexity index is 3230. The zero-order valence-corrected chi connectivity index (χ0v) is 34.6. The molecule has 11 aromatic rings. The van der Waals surface area contributed by atoms with Crippen molar-refractivity contribution in [2.75, 3.05) is 0 Å². The molecule has 0 saturated carbocycles. The minimum Gasteiger partial charge on any atom is -0.355 e. The largest absolute Gasteiger partial charge is 0.355 e. The van der Waals surface area contributed by atoms with Gasteiger partial charge in [-0.25, -0.2) is 0 Å². The van der Waals surface area contributed by atoms with Crippen LogP contribution in [-0.2, 0) is 10.8 Å². The first-order chi connectivity index (χ1) is 28.5. The van der Waals surface area contributed by atoms with Gasteiger partial charge in [-0.15, -0.1) is 0 Å². The number of nitrogens with one attached hydrogen (secondary N) is 1. The molecule has 0 bridgehead atoms. The summed E-state index contributed by atoms with van der Waals surface area (Å²) >= 11 is 0. The first kappa shape index (κ1) is 35.3. The fraction of sp³-hybridized carbons (Fsp3) is 0.143. The van der Waals surface area contributed by atoms with Gasteiger partial charge in [-0.05, 0) is 129 Å². The van der Waals surface area contributed by atoms with Gasteiger partial charge in [0, 0.05) is 54.7 Å². The van der Waals surface area contributed by atoms with Gasteiger partial charge in [0.1, 0.15) is 0 Å². The van der Waals surface area contributed by atoms with Crippen molar-refractivity contribution in [3.8, 4) is 33.6 Å². The van der Waals surface area contributed by atoms with Gasteiger partial charge in [-0.3, -0.25) is 0 Å². The third kappa shape index (κ3) is 5.71. The standard InChI is InChI=1S/C56H47N3/c1-55(2,3)39-13-11-15-41(33-39)58-51-19-9-7-17-43(51)47-31-37(23-27-53(47)58)35-21-25-49-45(29-35)46-30-36(22-26-50(46)57-49)38-24-28-54-48(32-38)44-18-8-10-20-52(44)59(54)42-16-12-14-40(34-42)56(4,5)6/h7-34,57H,1-6H3. The van der Waals surface area contributed by atoms with Crippen molar-refractivity contribution in [1.29, 1.82) is 0 Å². The topological polar surface area (TPSA) is 25.6 Å². The summed E-state index contributed by atoms with van der Waals surface area (Å²) in [6, 6.07) is 63.3. The van der Waals surface area contributed by atoms with E-state index in [2.05, 4.69) is 226 Å². The van der Waals surface area contributed by atoms with Crippen molar-refractivity contribution in [2.45, 2.75) is 52.4 Å². The van der Waals surface area contributed by atoms with Crippen LogP contribution in [0.5, 0.6) is 0 Å². The van der Waals surface area contributed by atoms with Gasteiger partial charge < -0.3 is 14.1 Å². The normalized spacial score (nSPS) is 12.6. The van der Waals surface area contributed by atoms with Crippen molar-refractivity contribution < 1.29 is 0 Å². The summed E-state index contributed by atoms with van der Waals surface area (Å²) in [5.74, 6) is 0. The van der Waals surface area contributed by atoms with Gasteiger partial charge >= 0.3 is 0 Å². The summed E-state index contributed by atoms with van der Waals surface area (Å²) < 4.78 is 4.85. The summed E-state index contributed by atoms with van der Waals surface area (Å²) in [4.78, 5) is 3.71. The average molecular weight is 762 g/mol. The predicted molar refractivity (Wildman–Crippen MR) is 253 cm³/mol. The molecule has 0 aliphatic heterocycles. The molecule has 1 N–H and O–H groups in total. The molecule has 3 heteroatoms. The van der Waals surface area contributed by atoms with E-state index in [0.717, 1.165) is 11.0 Å². The lowest BCUT2D eigenvalue weighted by Crippen LogP contribution is -2.11. The quantitative estimate of drug-likeness (QED) is 0.185. The molecular weight excluding hydrogens is 715 g/mol. The second kappa shape index (κ2) is 12.8. The van der Waals surface area contributed by atoms with Crippen molar-refractivity contribution in [3.63, 3.8) is 0 Å². The Labute approximate surface area is 345 Å². The van der Waals surface area contributed by atoms with Crippen molar-refractivity contribution in [3.05, 3.63) is 181 Å². The van der Waals surface area contributed by atoms with E-state index >= 15 is 0 Å². The van der Waals surface area contributed by atoms with Crippen LogP contribution >= 0.6 is 0 Å². The molecule has 0 aliphatic rings. The van der Waals surface area contributed by atoms with E-state index in [1.165, 1.54) is 99.1 Å². The van der Waals surface area contributed by atoms with E-state index in [-0.39, 0.29) is 10.8 Å². The molecule has 3 heterocycles. The minimum atomic E-state index is 0.0680. The van der Waals surface area contributed by atoms with Crippen LogP contribution in [0.1, 0.15) is 52.7 Å². The second-order valence-electron chi connectivity index (χ2n) is 18.4. The number of para-hydroxylation sites is 2. The number of nitrogens with zero attached hydrogens (tertiary/aromatic N) is 2. The molecule has 59 heavy (non-hydrogen) atoms. The van der Waals surface area contributed by atoms with Gasteiger partial charge in [0.25, 0.3) is 0 Å². The number of rotatable bonds is 4. The Morgan fingerprint density at radius 1 is 0.322 bits per heavy atom. The minimum absolute atomic E-state index is 0.0680. The van der Waals surface area contributed by atoms with Crippen molar-refractivity contribution in [1.82, 2.24) is 14.1 Å². The molecular formula is C56H47N3. The zero-order chi connectivity index (χ0) is 40.2. The maximum absolute atomic E-state index is 3.71. The molecule has 286 valence electrons. The van der Waals surface area contributed by atoms with Crippen LogP contribution in [0.4, 0.5) is 0 Å². The van der Waals surface area contributed by atoms with Gasteiger partial charge in [-0.1, -0.05) is 126 Å². The highest BCUT2D eigenvalue weighted by molar-refractivity contribution is 6.13. The number of hydrogen-bond donors (Lipinski definition) is 1. The number of benzene rings is 8. The van der Waals surface area contributed by atoms with Crippen molar-refractivity contribution in [2.24, 2.45) is 0 Å². The molecule has 0 unspecified atom stereocenters. The number of hydrogen-bond acceptors (Lipinski definition) is 0. The van der Waals surface area contributed by atoms with Crippen LogP contribution in [0.25, 0.3) is 99.0 Å². The number of aromatic nitrogens is 3. The van der Waals surface area contributed by atoms with Crippen LogP contribution in [0.15, 0.2) is 170 Å². The summed E-state index contributed by atoms with van der Waals surface area (Å²) in [7, 11) is 0. The van der Waals surface area contributed by atoms with Gasteiger partial charge in [-0.2, -0.15) is 0 Å². The number of H-pyrrole nitrogens is 1. The number of aromatic amines is 1. The van der Waals surface area contributed by atoms with E-state index < -0.39 is 0 Å². The zero-order valence-electron chi connectivity index (χ0n) is 34.6. The van der Waals surface area contributed by atoms with E-state index in [9.17, 15) is 0 Å².